The van der Waals surface area contributed by atoms with Gasteiger partial charge in [0.1, 0.15) is 5.82 Å². The lowest BCUT2D eigenvalue weighted by atomic mass is 10.1. The van der Waals surface area contributed by atoms with Gasteiger partial charge in [-0.05, 0) is 30.2 Å². The van der Waals surface area contributed by atoms with Crippen LogP contribution in [0.15, 0.2) is 30.5 Å². The molecule has 0 spiro atoms. The Morgan fingerprint density at radius 2 is 1.92 bits per heavy atom. The maximum Gasteiger partial charge on any atom is 0.254 e. The van der Waals surface area contributed by atoms with Crippen molar-refractivity contribution in [1.82, 2.24) is 20.4 Å². The van der Waals surface area contributed by atoms with Gasteiger partial charge in [0.25, 0.3) is 5.91 Å². The van der Waals surface area contributed by atoms with Crippen LogP contribution in [0.2, 0.25) is 0 Å². The smallest absolute Gasteiger partial charge is 0.254 e. The molecule has 8 heteroatoms. The Morgan fingerprint density at radius 3 is 2.54 bits per heavy atom. The average Bonchev–Trinajstić information content (AvgIpc) is 3.04. The zero-order valence-corrected chi connectivity index (χ0v) is 16.1. The first kappa shape index (κ1) is 22.1. The van der Waals surface area contributed by atoms with Crippen LogP contribution in [0.1, 0.15) is 35.8 Å². The van der Waals surface area contributed by atoms with E-state index in [2.05, 4.69) is 15.7 Å². The second-order valence-electron chi connectivity index (χ2n) is 5.99. The number of aromatic nitrogens is 2. The Hall–Kier alpha value is -1.96. The fourth-order valence-electron chi connectivity index (χ4n) is 2.54. The molecule has 0 aliphatic rings. The van der Waals surface area contributed by atoms with Gasteiger partial charge < -0.3 is 15.4 Å². The average molecular weight is 385 g/mol. The number of methoxy groups -OCH3 is 1. The van der Waals surface area contributed by atoms with Crippen LogP contribution < -0.4 is 10.6 Å². The van der Waals surface area contributed by atoms with Crippen molar-refractivity contribution in [1.29, 1.82) is 0 Å². The predicted molar refractivity (Wildman–Crippen MR) is 102 cm³/mol. The molecule has 0 aliphatic heterocycles. The van der Waals surface area contributed by atoms with Crippen LogP contribution in [0.4, 0.5) is 4.39 Å². The Balaban J connectivity index is 0.00000338. The predicted octanol–water partition coefficient (Wildman–Crippen LogP) is 2.52. The lowest BCUT2D eigenvalue weighted by molar-refractivity contribution is 0.0952. The van der Waals surface area contributed by atoms with E-state index in [-0.39, 0.29) is 30.0 Å². The summed E-state index contributed by atoms with van der Waals surface area (Å²) in [6, 6.07) is 6.06. The molecular formula is C18H26ClFN4O2. The number of nitrogens with zero attached hydrogens (tertiary/aromatic N) is 2. The first-order valence-electron chi connectivity index (χ1n) is 8.36. The Labute approximate surface area is 159 Å². The maximum atomic E-state index is 13.1. The molecule has 26 heavy (non-hydrogen) atoms. The molecule has 1 aromatic carbocycles. The SMILES string of the molecule is COCCNCCNC(=O)c1cnn(-c2ccc(F)cc2)c1C(C)C.Cl. The summed E-state index contributed by atoms with van der Waals surface area (Å²) in [7, 11) is 1.65. The largest absolute Gasteiger partial charge is 0.383 e. The highest BCUT2D eigenvalue weighted by Gasteiger charge is 2.20. The van der Waals surface area contributed by atoms with Crippen molar-refractivity contribution in [3.05, 3.63) is 47.5 Å². The van der Waals surface area contributed by atoms with Gasteiger partial charge in [-0.25, -0.2) is 9.07 Å². The van der Waals surface area contributed by atoms with Gasteiger partial charge in [-0.15, -0.1) is 12.4 Å². The van der Waals surface area contributed by atoms with Crippen LogP contribution in [0, 0.1) is 5.82 Å². The van der Waals surface area contributed by atoms with Gasteiger partial charge >= 0.3 is 0 Å². The molecule has 0 bridgehead atoms. The monoisotopic (exact) mass is 384 g/mol. The molecule has 0 fully saturated rings. The second kappa shape index (κ2) is 10.9. The maximum absolute atomic E-state index is 13.1. The van der Waals surface area contributed by atoms with E-state index in [4.69, 9.17) is 4.74 Å². The van der Waals surface area contributed by atoms with Crippen molar-refractivity contribution in [2.45, 2.75) is 19.8 Å². The van der Waals surface area contributed by atoms with Crippen molar-refractivity contribution in [3.63, 3.8) is 0 Å². The van der Waals surface area contributed by atoms with Crippen molar-refractivity contribution in [3.8, 4) is 5.69 Å². The lowest BCUT2D eigenvalue weighted by Crippen LogP contribution is -2.33. The molecule has 0 aliphatic carbocycles. The van der Waals surface area contributed by atoms with E-state index in [9.17, 15) is 9.18 Å². The molecule has 144 valence electrons. The summed E-state index contributed by atoms with van der Waals surface area (Å²) in [6.45, 7) is 6.56. The molecule has 0 saturated heterocycles. The second-order valence-corrected chi connectivity index (χ2v) is 5.99. The molecule has 2 rings (SSSR count). The van der Waals surface area contributed by atoms with Crippen LogP contribution in [-0.2, 0) is 4.74 Å². The zero-order chi connectivity index (χ0) is 18.2. The third-order valence-corrected chi connectivity index (χ3v) is 3.74. The molecular weight excluding hydrogens is 359 g/mol. The number of carbonyl (C=O) groups excluding carboxylic acids is 1. The van der Waals surface area contributed by atoms with Crippen molar-refractivity contribution in [2.24, 2.45) is 0 Å². The van der Waals surface area contributed by atoms with E-state index in [0.29, 0.717) is 25.3 Å². The van der Waals surface area contributed by atoms with Gasteiger partial charge in [0.05, 0.1) is 29.7 Å². The normalized spacial score (nSPS) is 10.7. The molecule has 2 N–H and O–H groups in total. The lowest BCUT2D eigenvalue weighted by Gasteiger charge is -2.13. The van der Waals surface area contributed by atoms with E-state index in [0.717, 1.165) is 17.9 Å². The minimum Gasteiger partial charge on any atom is -0.383 e. The first-order chi connectivity index (χ1) is 12.0. The highest BCUT2D eigenvalue weighted by Crippen LogP contribution is 2.23. The van der Waals surface area contributed by atoms with Gasteiger partial charge in [0.2, 0.25) is 0 Å². The van der Waals surface area contributed by atoms with Gasteiger partial charge in [-0.1, -0.05) is 13.8 Å². The molecule has 0 saturated carbocycles. The van der Waals surface area contributed by atoms with Crippen molar-refractivity contribution < 1.29 is 13.9 Å². The van der Waals surface area contributed by atoms with Crippen LogP contribution in [-0.4, -0.2) is 49.0 Å². The summed E-state index contributed by atoms with van der Waals surface area (Å²) >= 11 is 0. The first-order valence-corrected chi connectivity index (χ1v) is 8.36. The number of ether oxygens (including phenoxy) is 1. The summed E-state index contributed by atoms with van der Waals surface area (Å²) in [5, 5.41) is 10.4. The van der Waals surface area contributed by atoms with Gasteiger partial charge in [-0.2, -0.15) is 5.10 Å². The number of nitrogens with one attached hydrogen (secondary N) is 2. The topological polar surface area (TPSA) is 68.2 Å². The van der Waals surface area contributed by atoms with E-state index in [1.807, 2.05) is 13.8 Å². The molecule has 0 unspecified atom stereocenters. The summed E-state index contributed by atoms with van der Waals surface area (Å²) in [6.07, 6.45) is 1.56. The minimum atomic E-state index is -0.305. The molecule has 1 aromatic heterocycles. The Bertz CT molecular complexity index is 689. The number of benzene rings is 1. The van der Waals surface area contributed by atoms with Gasteiger partial charge in [0, 0.05) is 26.7 Å². The number of carbonyl (C=O) groups is 1. The highest BCUT2D eigenvalue weighted by atomic mass is 35.5. The number of halogens is 2. The van der Waals surface area contributed by atoms with Crippen molar-refractivity contribution in [2.75, 3.05) is 33.4 Å². The van der Waals surface area contributed by atoms with E-state index < -0.39 is 0 Å². The quantitative estimate of drug-likeness (QED) is 0.652. The van der Waals surface area contributed by atoms with Crippen molar-refractivity contribution >= 4 is 18.3 Å². The number of rotatable bonds is 9. The third kappa shape index (κ3) is 5.79. The molecule has 0 radical (unpaired) electrons. The number of amides is 1. The Morgan fingerprint density at radius 1 is 1.23 bits per heavy atom. The summed E-state index contributed by atoms with van der Waals surface area (Å²) in [5.41, 5.74) is 2.07. The fourth-order valence-corrected chi connectivity index (χ4v) is 2.54. The molecule has 1 amide bonds. The minimum absolute atomic E-state index is 0. The molecule has 2 aromatic rings. The molecule has 1 heterocycles. The Kier molecular flexibility index (Phi) is 9.26. The standard InChI is InChI=1S/C18H25FN4O2.ClH/c1-13(2)17-16(18(24)21-9-8-20-10-11-25-3)12-22-23(17)15-6-4-14(19)5-7-15;/h4-7,12-13,20H,8-11H2,1-3H3,(H,21,24);1H. The highest BCUT2D eigenvalue weighted by molar-refractivity contribution is 5.95. The van der Waals surface area contributed by atoms with E-state index in [1.54, 1.807) is 30.1 Å². The fraction of sp³-hybridized carbons (Fsp3) is 0.444. The number of hydrogen-bond donors (Lipinski definition) is 2. The van der Waals surface area contributed by atoms with Gasteiger partial charge in [0.15, 0.2) is 0 Å². The zero-order valence-electron chi connectivity index (χ0n) is 15.3. The van der Waals surface area contributed by atoms with Gasteiger partial charge in [-0.3, -0.25) is 4.79 Å². The molecule has 6 nitrogen and oxygen atoms in total. The van der Waals surface area contributed by atoms with E-state index >= 15 is 0 Å². The van der Waals surface area contributed by atoms with Crippen LogP contribution in [0.25, 0.3) is 5.69 Å². The van der Waals surface area contributed by atoms with Crippen LogP contribution >= 0.6 is 12.4 Å². The molecule has 0 atom stereocenters. The summed E-state index contributed by atoms with van der Waals surface area (Å²) in [4.78, 5) is 12.5. The summed E-state index contributed by atoms with van der Waals surface area (Å²) in [5.74, 6) is -0.375. The van der Waals surface area contributed by atoms with Crippen LogP contribution in [0.5, 0.6) is 0 Å². The number of hydrogen-bond acceptors (Lipinski definition) is 4. The van der Waals surface area contributed by atoms with Crippen LogP contribution in [0.3, 0.4) is 0 Å². The third-order valence-electron chi connectivity index (χ3n) is 3.74. The van der Waals surface area contributed by atoms with E-state index in [1.165, 1.54) is 12.1 Å². The summed E-state index contributed by atoms with van der Waals surface area (Å²) < 4.78 is 19.8.